The van der Waals surface area contributed by atoms with Crippen LogP contribution in [-0.2, 0) is 4.79 Å². The van der Waals surface area contributed by atoms with Gasteiger partial charge in [0.15, 0.2) is 0 Å². The van der Waals surface area contributed by atoms with E-state index in [1.165, 1.54) is 6.42 Å². The maximum atomic E-state index is 12.1. The summed E-state index contributed by atoms with van der Waals surface area (Å²) in [5.74, 6) is 0.105. The van der Waals surface area contributed by atoms with Crippen molar-refractivity contribution in [3.05, 3.63) is 34.3 Å². The molecule has 1 atom stereocenters. The Kier molecular flexibility index (Phi) is 4.63. The third kappa shape index (κ3) is 3.37. The second-order valence-electron chi connectivity index (χ2n) is 5.55. The molecule has 104 valence electrons. The number of hydrogen-bond donors (Lipinski definition) is 2. The van der Waals surface area contributed by atoms with Crippen molar-refractivity contribution in [1.82, 2.24) is 5.32 Å². The molecule has 0 heterocycles. The van der Waals surface area contributed by atoms with E-state index >= 15 is 0 Å². The lowest BCUT2D eigenvalue weighted by Gasteiger charge is -2.40. The van der Waals surface area contributed by atoms with Crippen LogP contribution in [0.1, 0.15) is 44.2 Å². The molecule has 0 spiro atoms. The lowest BCUT2D eigenvalue weighted by atomic mass is 9.66. The normalized spacial score (nSPS) is 18.5. The molecule has 3 N–H and O–H groups in total. The van der Waals surface area contributed by atoms with Gasteiger partial charge in [0.05, 0.1) is 6.04 Å². The van der Waals surface area contributed by atoms with Gasteiger partial charge in [0.2, 0.25) is 5.91 Å². The molecule has 1 saturated carbocycles. The highest BCUT2D eigenvalue weighted by atomic mass is 79.9. The molecular weight excluding hydrogens is 304 g/mol. The summed E-state index contributed by atoms with van der Waals surface area (Å²) in [6, 6.07) is 7.98. The first-order chi connectivity index (χ1) is 9.06. The van der Waals surface area contributed by atoms with Crippen LogP contribution in [0.4, 0.5) is 0 Å². The molecule has 19 heavy (non-hydrogen) atoms. The first-order valence-electron chi connectivity index (χ1n) is 6.80. The van der Waals surface area contributed by atoms with Gasteiger partial charge >= 0.3 is 0 Å². The van der Waals surface area contributed by atoms with Gasteiger partial charge in [-0.15, -0.1) is 0 Å². The predicted octanol–water partition coefficient (Wildman–Crippen LogP) is 3.15. The fraction of sp³-hybridized carbons (Fsp3) is 0.533. The van der Waals surface area contributed by atoms with E-state index in [-0.39, 0.29) is 17.4 Å². The summed E-state index contributed by atoms with van der Waals surface area (Å²) in [7, 11) is 0. The van der Waals surface area contributed by atoms with Crippen molar-refractivity contribution in [3.63, 3.8) is 0 Å². The number of amides is 1. The van der Waals surface area contributed by atoms with Crippen LogP contribution in [0.2, 0.25) is 0 Å². The summed E-state index contributed by atoms with van der Waals surface area (Å²) in [6.07, 6.45) is 3.92. The second-order valence-corrected chi connectivity index (χ2v) is 6.40. The summed E-state index contributed by atoms with van der Waals surface area (Å²) in [5.41, 5.74) is 6.97. The Morgan fingerprint density at radius 2 is 2.16 bits per heavy atom. The van der Waals surface area contributed by atoms with Crippen LogP contribution in [0.5, 0.6) is 0 Å². The topological polar surface area (TPSA) is 55.1 Å². The van der Waals surface area contributed by atoms with Gasteiger partial charge in [-0.3, -0.25) is 4.79 Å². The summed E-state index contributed by atoms with van der Waals surface area (Å²) < 4.78 is 1.03. The molecule has 1 aromatic carbocycles. The van der Waals surface area contributed by atoms with E-state index in [0.717, 1.165) is 22.9 Å². The van der Waals surface area contributed by atoms with Crippen molar-refractivity contribution in [3.8, 4) is 0 Å². The molecule has 1 aliphatic rings. The highest BCUT2D eigenvalue weighted by molar-refractivity contribution is 9.10. The predicted molar refractivity (Wildman–Crippen MR) is 80.7 cm³/mol. The Morgan fingerprint density at radius 3 is 2.68 bits per heavy atom. The highest BCUT2D eigenvalue weighted by Crippen LogP contribution is 2.42. The third-order valence-corrected chi connectivity index (χ3v) is 4.85. The maximum absolute atomic E-state index is 12.1. The largest absolute Gasteiger partial charge is 0.350 e. The van der Waals surface area contributed by atoms with Gasteiger partial charge in [0.25, 0.3) is 0 Å². The molecule has 0 aromatic heterocycles. The SMILES string of the molecule is C[C@@H](NC(=O)CC1(CN)CCC1)c1ccccc1Br. The van der Waals surface area contributed by atoms with Crippen molar-refractivity contribution in [2.24, 2.45) is 11.1 Å². The number of halogens is 1. The maximum Gasteiger partial charge on any atom is 0.221 e. The number of benzene rings is 1. The van der Waals surface area contributed by atoms with E-state index in [2.05, 4.69) is 21.2 Å². The van der Waals surface area contributed by atoms with Gasteiger partial charge in [-0.25, -0.2) is 0 Å². The smallest absolute Gasteiger partial charge is 0.221 e. The van der Waals surface area contributed by atoms with Gasteiger partial charge in [-0.1, -0.05) is 40.5 Å². The summed E-state index contributed by atoms with van der Waals surface area (Å²) in [6.45, 7) is 2.62. The van der Waals surface area contributed by atoms with E-state index in [0.29, 0.717) is 13.0 Å². The fourth-order valence-electron chi connectivity index (χ4n) is 2.67. The summed E-state index contributed by atoms with van der Waals surface area (Å²) in [4.78, 5) is 12.1. The van der Waals surface area contributed by atoms with Gasteiger partial charge in [-0.2, -0.15) is 0 Å². The van der Waals surface area contributed by atoms with E-state index < -0.39 is 0 Å². The quantitative estimate of drug-likeness (QED) is 0.874. The summed E-state index contributed by atoms with van der Waals surface area (Å²) in [5, 5.41) is 3.07. The lowest BCUT2D eigenvalue weighted by Crippen LogP contribution is -2.42. The molecule has 1 amide bonds. The lowest BCUT2D eigenvalue weighted by molar-refractivity contribution is -0.125. The average Bonchev–Trinajstić information content (AvgIpc) is 2.34. The Labute approximate surface area is 123 Å². The van der Waals surface area contributed by atoms with Gasteiger partial charge in [-0.05, 0) is 43.4 Å². The minimum absolute atomic E-state index is 0.0120. The Bertz CT molecular complexity index is 452. The molecule has 2 rings (SSSR count). The van der Waals surface area contributed by atoms with E-state index in [9.17, 15) is 4.79 Å². The minimum atomic E-state index is 0.0120. The number of nitrogens with two attached hydrogens (primary N) is 1. The van der Waals surface area contributed by atoms with Crippen molar-refractivity contribution in [2.45, 2.75) is 38.6 Å². The van der Waals surface area contributed by atoms with Crippen LogP contribution in [0.15, 0.2) is 28.7 Å². The zero-order valence-electron chi connectivity index (χ0n) is 11.3. The average molecular weight is 325 g/mol. The molecule has 0 aliphatic heterocycles. The monoisotopic (exact) mass is 324 g/mol. The third-order valence-electron chi connectivity index (χ3n) is 4.13. The van der Waals surface area contributed by atoms with Crippen molar-refractivity contribution in [1.29, 1.82) is 0 Å². The van der Waals surface area contributed by atoms with Crippen molar-refractivity contribution >= 4 is 21.8 Å². The number of carbonyl (C=O) groups is 1. The van der Waals surface area contributed by atoms with Crippen molar-refractivity contribution < 1.29 is 4.79 Å². The van der Waals surface area contributed by atoms with E-state index in [1.54, 1.807) is 0 Å². The van der Waals surface area contributed by atoms with Crippen molar-refractivity contribution in [2.75, 3.05) is 6.54 Å². The van der Waals surface area contributed by atoms with Gasteiger partial charge in [0, 0.05) is 10.9 Å². The number of rotatable bonds is 5. The number of carbonyl (C=O) groups excluding carboxylic acids is 1. The molecule has 1 fully saturated rings. The number of nitrogens with one attached hydrogen (secondary N) is 1. The van der Waals surface area contributed by atoms with E-state index in [1.807, 2.05) is 31.2 Å². The molecule has 1 aromatic rings. The summed E-state index contributed by atoms with van der Waals surface area (Å²) >= 11 is 3.52. The molecular formula is C15H21BrN2O. The van der Waals surface area contributed by atoms with Crippen LogP contribution in [0, 0.1) is 5.41 Å². The van der Waals surface area contributed by atoms with Crippen LogP contribution >= 0.6 is 15.9 Å². The molecule has 3 nitrogen and oxygen atoms in total. The van der Waals surface area contributed by atoms with Crippen LogP contribution in [0.25, 0.3) is 0 Å². The zero-order chi connectivity index (χ0) is 13.9. The van der Waals surface area contributed by atoms with Gasteiger partial charge < -0.3 is 11.1 Å². The Hall–Kier alpha value is -0.870. The second kappa shape index (κ2) is 6.06. The minimum Gasteiger partial charge on any atom is -0.350 e. The molecule has 0 unspecified atom stereocenters. The molecule has 0 radical (unpaired) electrons. The Balaban J connectivity index is 1.94. The fourth-order valence-corrected chi connectivity index (χ4v) is 3.30. The first-order valence-corrected chi connectivity index (χ1v) is 7.59. The van der Waals surface area contributed by atoms with E-state index in [4.69, 9.17) is 5.73 Å². The molecule has 1 aliphatic carbocycles. The first kappa shape index (κ1) is 14.5. The molecule has 4 heteroatoms. The van der Waals surface area contributed by atoms with Crippen LogP contribution < -0.4 is 11.1 Å². The van der Waals surface area contributed by atoms with Gasteiger partial charge in [0.1, 0.15) is 0 Å². The Morgan fingerprint density at radius 1 is 1.47 bits per heavy atom. The number of hydrogen-bond acceptors (Lipinski definition) is 2. The standard InChI is InChI=1S/C15H21BrN2O/c1-11(12-5-2-3-6-13(12)16)18-14(19)9-15(10-17)7-4-8-15/h2-3,5-6,11H,4,7-10,17H2,1H3,(H,18,19)/t11-/m1/s1. The van der Waals surface area contributed by atoms with Crippen LogP contribution in [0.3, 0.4) is 0 Å². The zero-order valence-corrected chi connectivity index (χ0v) is 12.9. The van der Waals surface area contributed by atoms with Crippen LogP contribution in [-0.4, -0.2) is 12.5 Å². The molecule has 0 bridgehead atoms. The molecule has 0 saturated heterocycles. The highest BCUT2D eigenvalue weighted by Gasteiger charge is 2.37.